The predicted molar refractivity (Wildman–Crippen MR) is 34.6 cm³/mol. The van der Waals surface area contributed by atoms with Gasteiger partial charge in [-0.3, -0.25) is 4.90 Å². The van der Waals surface area contributed by atoms with Gasteiger partial charge in [-0.05, 0) is 0 Å². The SMILES string of the molecule is CN1C=CN(C(F)(F)C(F)(F)F)C1F. The lowest BCUT2D eigenvalue weighted by Crippen LogP contribution is -2.53. The monoisotopic (exact) mass is 220 g/mol. The summed E-state index contributed by atoms with van der Waals surface area (Å²) in [6, 6.07) is -5.20. The van der Waals surface area contributed by atoms with Crippen LogP contribution < -0.4 is 0 Å². The highest BCUT2D eigenvalue weighted by molar-refractivity contribution is 4.97. The molecule has 0 aromatic rings. The van der Waals surface area contributed by atoms with Gasteiger partial charge in [-0.1, -0.05) is 0 Å². The van der Waals surface area contributed by atoms with Gasteiger partial charge in [-0.25, -0.2) is 0 Å². The Morgan fingerprint density at radius 1 is 1.07 bits per heavy atom. The molecule has 1 aliphatic rings. The lowest BCUT2D eigenvalue weighted by atomic mass is 10.4. The first-order valence-electron chi connectivity index (χ1n) is 3.45. The average molecular weight is 220 g/mol. The second-order valence-corrected chi connectivity index (χ2v) is 2.72. The second-order valence-electron chi connectivity index (χ2n) is 2.72. The summed E-state index contributed by atoms with van der Waals surface area (Å²) in [7, 11) is 1.05. The zero-order valence-electron chi connectivity index (χ0n) is 6.89. The Bertz CT molecular complexity index is 247. The highest BCUT2D eigenvalue weighted by Gasteiger charge is 2.64. The van der Waals surface area contributed by atoms with Crippen LogP contribution in [0.25, 0.3) is 0 Å². The van der Waals surface area contributed by atoms with Gasteiger partial charge < -0.3 is 4.90 Å². The van der Waals surface area contributed by atoms with Gasteiger partial charge in [-0.2, -0.15) is 26.3 Å². The summed E-state index contributed by atoms with van der Waals surface area (Å²) in [5.74, 6) is 0. The molecule has 8 heteroatoms. The van der Waals surface area contributed by atoms with Crippen molar-refractivity contribution in [1.82, 2.24) is 9.80 Å². The van der Waals surface area contributed by atoms with Crippen LogP contribution in [0.2, 0.25) is 0 Å². The molecule has 2 nitrogen and oxygen atoms in total. The van der Waals surface area contributed by atoms with Gasteiger partial charge in [0.1, 0.15) is 0 Å². The van der Waals surface area contributed by atoms with E-state index in [-0.39, 0.29) is 0 Å². The molecule has 1 unspecified atom stereocenters. The molecular formula is C6H6F6N2. The molecule has 0 aromatic heterocycles. The Labute approximate surface area is 75.4 Å². The summed E-state index contributed by atoms with van der Waals surface area (Å²) in [5, 5.41) is 0. The van der Waals surface area contributed by atoms with Crippen molar-refractivity contribution in [3.05, 3.63) is 12.4 Å². The molecule has 1 atom stereocenters. The van der Waals surface area contributed by atoms with Gasteiger partial charge in [-0.15, -0.1) is 0 Å². The number of hydrogen-bond donors (Lipinski definition) is 0. The van der Waals surface area contributed by atoms with E-state index in [0.717, 1.165) is 13.2 Å². The fourth-order valence-electron chi connectivity index (χ4n) is 0.889. The van der Waals surface area contributed by atoms with E-state index in [2.05, 4.69) is 0 Å². The van der Waals surface area contributed by atoms with E-state index in [1.165, 1.54) is 0 Å². The first-order chi connectivity index (χ1) is 6.18. The highest BCUT2D eigenvalue weighted by atomic mass is 19.4. The lowest BCUT2D eigenvalue weighted by Gasteiger charge is -2.31. The van der Waals surface area contributed by atoms with Crippen LogP contribution in [0.1, 0.15) is 0 Å². The van der Waals surface area contributed by atoms with Crippen LogP contribution in [0.3, 0.4) is 0 Å². The normalized spacial score (nSPS) is 23.5. The third kappa shape index (κ3) is 1.48. The molecule has 0 saturated heterocycles. The van der Waals surface area contributed by atoms with Gasteiger partial charge >= 0.3 is 12.2 Å². The first-order valence-corrected chi connectivity index (χ1v) is 3.45. The topological polar surface area (TPSA) is 6.48 Å². The maximum Gasteiger partial charge on any atom is 0.475 e. The Hall–Kier alpha value is -1.08. The van der Waals surface area contributed by atoms with Gasteiger partial charge in [0.15, 0.2) is 0 Å². The van der Waals surface area contributed by atoms with Crippen molar-refractivity contribution in [2.24, 2.45) is 0 Å². The number of alkyl halides is 6. The molecule has 0 N–H and O–H groups in total. The molecule has 0 bridgehead atoms. The third-order valence-electron chi connectivity index (χ3n) is 1.69. The summed E-state index contributed by atoms with van der Waals surface area (Å²) >= 11 is 0. The molecule has 0 radical (unpaired) electrons. The lowest BCUT2D eigenvalue weighted by molar-refractivity contribution is -0.346. The van der Waals surface area contributed by atoms with Crippen LogP contribution >= 0.6 is 0 Å². The molecular weight excluding hydrogens is 214 g/mol. The van der Waals surface area contributed by atoms with Crippen LogP contribution in [-0.2, 0) is 0 Å². The molecule has 0 spiro atoms. The zero-order chi connectivity index (χ0) is 11.1. The van der Waals surface area contributed by atoms with Crippen LogP contribution in [0.15, 0.2) is 12.4 Å². The van der Waals surface area contributed by atoms with Gasteiger partial charge in [0.05, 0.1) is 0 Å². The van der Waals surface area contributed by atoms with Crippen molar-refractivity contribution in [2.75, 3.05) is 7.05 Å². The molecule has 0 amide bonds. The molecule has 14 heavy (non-hydrogen) atoms. The minimum Gasteiger partial charge on any atom is -0.333 e. The number of nitrogens with zero attached hydrogens (tertiary/aromatic N) is 2. The Morgan fingerprint density at radius 3 is 1.86 bits per heavy atom. The maximum absolute atomic E-state index is 12.8. The quantitative estimate of drug-likeness (QED) is 0.493. The van der Waals surface area contributed by atoms with E-state index in [0.29, 0.717) is 11.1 Å². The molecule has 0 fully saturated rings. The van der Waals surface area contributed by atoms with Crippen molar-refractivity contribution >= 4 is 0 Å². The van der Waals surface area contributed by atoms with Gasteiger partial charge in [0.2, 0.25) is 0 Å². The average Bonchev–Trinajstić information content (AvgIpc) is 2.30. The van der Waals surface area contributed by atoms with E-state index >= 15 is 0 Å². The predicted octanol–water partition coefficient (Wildman–Crippen LogP) is 2.11. The van der Waals surface area contributed by atoms with Crippen LogP contribution in [0.5, 0.6) is 0 Å². The summed E-state index contributed by atoms with van der Waals surface area (Å²) in [6.07, 6.45) is -7.15. The molecule has 0 aromatic carbocycles. The molecule has 1 heterocycles. The minimum atomic E-state index is -5.80. The van der Waals surface area contributed by atoms with Crippen molar-refractivity contribution in [3.63, 3.8) is 0 Å². The van der Waals surface area contributed by atoms with Gasteiger partial charge in [0.25, 0.3) is 6.42 Å². The van der Waals surface area contributed by atoms with E-state index < -0.39 is 23.5 Å². The van der Waals surface area contributed by atoms with Crippen molar-refractivity contribution < 1.29 is 26.3 Å². The molecule has 0 aliphatic carbocycles. The number of halogens is 6. The standard InChI is InChI=1S/C6H6F6N2/c1-13-2-3-14(4(13)7)6(11,12)5(8,9)10/h2-4H,1H3. The van der Waals surface area contributed by atoms with Crippen LogP contribution in [-0.4, -0.2) is 35.5 Å². The summed E-state index contributed by atoms with van der Waals surface area (Å²) in [5.41, 5.74) is 0. The fourth-order valence-corrected chi connectivity index (χ4v) is 0.889. The molecule has 1 rings (SSSR count). The van der Waals surface area contributed by atoms with Crippen molar-refractivity contribution in [3.8, 4) is 0 Å². The summed E-state index contributed by atoms with van der Waals surface area (Å²) in [4.78, 5) is -0.0906. The smallest absolute Gasteiger partial charge is 0.333 e. The van der Waals surface area contributed by atoms with Crippen LogP contribution in [0.4, 0.5) is 26.3 Å². The first kappa shape index (κ1) is 11.0. The third-order valence-corrected chi connectivity index (χ3v) is 1.69. The number of rotatable bonds is 1. The zero-order valence-corrected chi connectivity index (χ0v) is 6.89. The molecule has 82 valence electrons. The van der Waals surface area contributed by atoms with Crippen molar-refractivity contribution in [2.45, 2.75) is 18.6 Å². The Morgan fingerprint density at radius 2 is 1.57 bits per heavy atom. The van der Waals surface area contributed by atoms with Crippen LogP contribution in [0, 0.1) is 0 Å². The minimum absolute atomic E-state index is 0.359. The van der Waals surface area contributed by atoms with Crippen molar-refractivity contribution in [1.29, 1.82) is 0 Å². The number of hydrogen-bond acceptors (Lipinski definition) is 2. The summed E-state index contributed by atoms with van der Waals surface area (Å²) < 4.78 is 73.2. The molecule has 1 aliphatic heterocycles. The maximum atomic E-state index is 12.8. The highest BCUT2D eigenvalue weighted by Crippen LogP contribution is 2.41. The fraction of sp³-hybridized carbons (Fsp3) is 0.667. The van der Waals surface area contributed by atoms with E-state index in [1.54, 1.807) is 0 Å². The van der Waals surface area contributed by atoms with E-state index in [1.807, 2.05) is 0 Å². The largest absolute Gasteiger partial charge is 0.475 e. The Balaban J connectivity index is 2.90. The second kappa shape index (κ2) is 2.96. The Kier molecular flexibility index (Phi) is 2.32. The van der Waals surface area contributed by atoms with E-state index in [4.69, 9.17) is 0 Å². The van der Waals surface area contributed by atoms with E-state index in [9.17, 15) is 26.3 Å². The van der Waals surface area contributed by atoms with Gasteiger partial charge in [0, 0.05) is 19.4 Å². The molecule has 0 saturated carbocycles. The summed E-state index contributed by atoms with van der Waals surface area (Å²) in [6.45, 7) is 0.